The zero-order chi connectivity index (χ0) is 13.7. The first kappa shape index (κ1) is 12.9. The van der Waals surface area contributed by atoms with Crippen molar-refractivity contribution < 1.29 is 9.53 Å². The Morgan fingerprint density at radius 1 is 1.21 bits per heavy atom. The van der Waals surface area contributed by atoms with E-state index in [0.29, 0.717) is 17.1 Å². The minimum atomic E-state index is -0.206. The Labute approximate surface area is 111 Å². The molecule has 0 fully saturated rings. The lowest BCUT2D eigenvalue weighted by molar-refractivity contribution is 0.102. The summed E-state index contributed by atoms with van der Waals surface area (Å²) in [6.45, 7) is 0. The number of benzene rings is 1. The Morgan fingerprint density at radius 3 is 2.58 bits per heavy atom. The molecule has 0 radical (unpaired) electrons. The average Bonchev–Trinajstić information content (AvgIpc) is 2.48. The molecule has 1 aromatic heterocycles. The molecule has 2 rings (SSSR count). The molecule has 0 aliphatic heterocycles. The Bertz CT molecular complexity index is 567. The molecule has 0 unspecified atom stereocenters. The van der Waals surface area contributed by atoms with Gasteiger partial charge >= 0.3 is 0 Å². The Balaban J connectivity index is 2.16. The van der Waals surface area contributed by atoms with Gasteiger partial charge in [0, 0.05) is 18.9 Å². The van der Waals surface area contributed by atoms with E-state index in [-0.39, 0.29) is 5.91 Å². The minimum absolute atomic E-state index is 0.206. The van der Waals surface area contributed by atoms with E-state index in [4.69, 9.17) is 4.74 Å². The SMILES string of the molecule is CNc1ncccc1C(=O)Nc1ccc(OC)cc1. The zero-order valence-corrected chi connectivity index (χ0v) is 10.8. The van der Waals surface area contributed by atoms with Gasteiger partial charge < -0.3 is 15.4 Å². The minimum Gasteiger partial charge on any atom is -0.497 e. The summed E-state index contributed by atoms with van der Waals surface area (Å²) in [7, 11) is 3.33. The molecule has 0 aliphatic carbocycles. The summed E-state index contributed by atoms with van der Waals surface area (Å²) in [5.74, 6) is 1.09. The Morgan fingerprint density at radius 2 is 1.95 bits per heavy atom. The molecule has 5 heteroatoms. The second-order valence-corrected chi connectivity index (χ2v) is 3.83. The van der Waals surface area contributed by atoms with Crippen molar-refractivity contribution >= 4 is 17.4 Å². The van der Waals surface area contributed by atoms with Crippen LogP contribution in [0, 0.1) is 0 Å². The Hall–Kier alpha value is -2.56. The average molecular weight is 257 g/mol. The van der Waals surface area contributed by atoms with Gasteiger partial charge in [-0.05, 0) is 36.4 Å². The van der Waals surface area contributed by atoms with Crippen molar-refractivity contribution in [2.24, 2.45) is 0 Å². The molecule has 0 atom stereocenters. The number of aromatic nitrogens is 1. The van der Waals surface area contributed by atoms with Gasteiger partial charge in [-0.25, -0.2) is 4.98 Å². The van der Waals surface area contributed by atoms with E-state index in [1.165, 1.54) is 0 Å². The zero-order valence-electron chi connectivity index (χ0n) is 10.8. The van der Waals surface area contributed by atoms with Crippen molar-refractivity contribution in [1.29, 1.82) is 0 Å². The van der Waals surface area contributed by atoms with Gasteiger partial charge in [0.05, 0.1) is 12.7 Å². The fourth-order valence-electron chi connectivity index (χ4n) is 1.66. The van der Waals surface area contributed by atoms with Crippen LogP contribution in [0.25, 0.3) is 0 Å². The molecule has 0 saturated heterocycles. The first-order chi connectivity index (χ1) is 9.24. The number of rotatable bonds is 4. The highest BCUT2D eigenvalue weighted by Crippen LogP contribution is 2.17. The van der Waals surface area contributed by atoms with Crippen molar-refractivity contribution in [3.8, 4) is 5.75 Å². The molecule has 0 spiro atoms. The first-order valence-corrected chi connectivity index (χ1v) is 5.83. The van der Waals surface area contributed by atoms with E-state index in [1.807, 2.05) is 0 Å². The van der Waals surface area contributed by atoms with Crippen LogP contribution >= 0.6 is 0 Å². The number of nitrogens with one attached hydrogen (secondary N) is 2. The van der Waals surface area contributed by atoms with Crippen LogP contribution in [0.4, 0.5) is 11.5 Å². The van der Waals surface area contributed by atoms with Crippen molar-refractivity contribution in [2.45, 2.75) is 0 Å². The van der Waals surface area contributed by atoms with Gasteiger partial charge in [-0.1, -0.05) is 0 Å². The van der Waals surface area contributed by atoms with Crippen molar-refractivity contribution in [2.75, 3.05) is 24.8 Å². The maximum absolute atomic E-state index is 12.1. The lowest BCUT2D eigenvalue weighted by Gasteiger charge is -2.09. The highest BCUT2D eigenvalue weighted by molar-refractivity contribution is 6.07. The molecule has 98 valence electrons. The molecule has 0 saturated carbocycles. The van der Waals surface area contributed by atoms with E-state index in [0.717, 1.165) is 5.75 Å². The van der Waals surface area contributed by atoms with E-state index >= 15 is 0 Å². The normalized spacial score (nSPS) is 9.79. The second kappa shape index (κ2) is 5.86. The molecule has 0 bridgehead atoms. The summed E-state index contributed by atoms with van der Waals surface area (Å²) in [6.07, 6.45) is 1.63. The molecule has 1 aromatic carbocycles. The maximum Gasteiger partial charge on any atom is 0.259 e. The highest BCUT2D eigenvalue weighted by Gasteiger charge is 2.11. The first-order valence-electron chi connectivity index (χ1n) is 5.83. The summed E-state index contributed by atoms with van der Waals surface area (Å²) < 4.78 is 5.06. The molecule has 2 aromatic rings. The third kappa shape index (κ3) is 3.01. The van der Waals surface area contributed by atoms with Crippen LogP contribution < -0.4 is 15.4 Å². The van der Waals surface area contributed by atoms with Gasteiger partial charge in [-0.15, -0.1) is 0 Å². The number of carbonyl (C=O) groups is 1. The quantitative estimate of drug-likeness (QED) is 0.882. The van der Waals surface area contributed by atoms with Gasteiger partial charge in [-0.2, -0.15) is 0 Å². The van der Waals surface area contributed by atoms with Crippen LogP contribution in [-0.2, 0) is 0 Å². The third-order valence-electron chi connectivity index (χ3n) is 2.64. The largest absolute Gasteiger partial charge is 0.497 e. The maximum atomic E-state index is 12.1. The van der Waals surface area contributed by atoms with E-state index < -0.39 is 0 Å². The number of methoxy groups -OCH3 is 1. The van der Waals surface area contributed by atoms with Crippen molar-refractivity contribution in [1.82, 2.24) is 4.98 Å². The molecule has 5 nitrogen and oxygen atoms in total. The third-order valence-corrected chi connectivity index (χ3v) is 2.64. The molecule has 1 amide bonds. The number of hydrogen-bond donors (Lipinski definition) is 2. The van der Waals surface area contributed by atoms with Gasteiger partial charge in [0.15, 0.2) is 0 Å². The van der Waals surface area contributed by atoms with Crippen LogP contribution in [0.1, 0.15) is 10.4 Å². The highest BCUT2D eigenvalue weighted by atomic mass is 16.5. The standard InChI is InChI=1S/C14H15N3O2/c1-15-13-12(4-3-9-16-13)14(18)17-10-5-7-11(19-2)8-6-10/h3-9H,1-2H3,(H,15,16)(H,17,18). The number of carbonyl (C=O) groups excluding carboxylic acids is 1. The summed E-state index contributed by atoms with van der Waals surface area (Å²) in [4.78, 5) is 16.2. The number of hydrogen-bond acceptors (Lipinski definition) is 4. The van der Waals surface area contributed by atoms with E-state index in [2.05, 4.69) is 15.6 Å². The fourth-order valence-corrected chi connectivity index (χ4v) is 1.66. The predicted molar refractivity (Wildman–Crippen MR) is 74.7 cm³/mol. The van der Waals surface area contributed by atoms with E-state index in [9.17, 15) is 4.79 Å². The van der Waals surface area contributed by atoms with Crippen LogP contribution in [0.3, 0.4) is 0 Å². The molecule has 1 heterocycles. The van der Waals surface area contributed by atoms with Crippen LogP contribution in [0.2, 0.25) is 0 Å². The van der Waals surface area contributed by atoms with Crippen LogP contribution in [0.15, 0.2) is 42.6 Å². The molecule has 0 aliphatic rings. The summed E-state index contributed by atoms with van der Waals surface area (Å²) >= 11 is 0. The van der Waals surface area contributed by atoms with Crippen LogP contribution in [0.5, 0.6) is 5.75 Å². The summed E-state index contributed by atoms with van der Waals surface area (Å²) in [6, 6.07) is 10.6. The second-order valence-electron chi connectivity index (χ2n) is 3.83. The molecule has 2 N–H and O–H groups in total. The van der Waals surface area contributed by atoms with E-state index in [1.54, 1.807) is 56.8 Å². The monoisotopic (exact) mass is 257 g/mol. The number of ether oxygens (including phenoxy) is 1. The number of anilines is 2. The van der Waals surface area contributed by atoms with Gasteiger partial charge in [0.25, 0.3) is 5.91 Å². The van der Waals surface area contributed by atoms with Gasteiger partial charge in [0.2, 0.25) is 0 Å². The fraction of sp³-hybridized carbons (Fsp3) is 0.143. The van der Waals surface area contributed by atoms with Crippen LogP contribution in [-0.4, -0.2) is 25.0 Å². The summed E-state index contributed by atoms with van der Waals surface area (Å²) in [5.41, 5.74) is 1.21. The molecular formula is C14H15N3O2. The number of nitrogens with zero attached hydrogens (tertiary/aromatic N) is 1. The van der Waals surface area contributed by atoms with Crippen molar-refractivity contribution in [3.05, 3.63) is 48.2 Å². The van der Waals surface area contributed by atoms with Gasteiger partial charge in [0.1, 0.15) is 11.6 Å². The predicted octanol–water partition coefficient (Wildman–Crippen LogP) is 2.38. The molecular weight excluding hydrogens is 242 g/mol. The topological polar surface area (TPSA) is 63.2 Å². The molecule has 19 heavy (non-hydrogen) atoms. The Kier molecular flexibility index (Phi) is 3.97. The lowest BCUT2D eigenvalue weighted by atomic mass is 10.2. The smallest absolute Gasteiger partial charge is 0.259 e. The van der Waals surface area contributed by atoms with Crippen molar-refractivity contribution in [3.63, 3.8) is 0 Å². The number of amides is 1. The summed E-state index contributed by atoms with van der Waals surface area (Å²) in [5, 5.41) is 5.70. The lowest BCUT2D eigenvalue weighted by Crippen LogP contribution is -2.14. The number of pyridine rings is 1. The van der Waals surface area contributed by atoms with Gasteiger partial charge in [-0.3, -0.25) is 4.79 Å².